The number of carbonyl (C=O) groups excluding carboxylic acids is 1. The zero-order chi connectivity index (χ0) is 39.7. The molecular weight excluding hydrogens is 704 g/mol. The van der Waals surface area contributed by atoms with E-state index in [1.165, 1.54) is 48.0 Å². The highest BCUT2D eigenvalue weighted by atomic mass is 31.2. The van der Waals surface area contributed by atoms with E-state index in [9.17, 15) is 9.90 Å². The summed E-state index contributed by atoms with van der Waals surface area (Å²) < 4.78 is 5.67. The van der Waals surface area contributed by atoms with E-state index in [1.54, 1.807) is 7.11 Å². The van der Waals surface area contributed by atoms with Gasteiger partial charge in [0, 0.05) is 0 Å². The van der Waals surface area contributed by atoms with E-state index in [4.69, 9.17) is 4.74 Å². The average Bonchev–Trinajstić information content (AvgIpc) is 3.61. The van der Waals surface area contributed by atoms with Gasteiger partial charge in [0.2, 0.25) is 0 Å². The van der Waals surface area contributed by atoms with Crippen molar-refractivity contribution in [3.8, 4) is 0 Å². The minimum atomic E-state index is -1.93. The molecular formula is C52H72O3P+. The second-order valence-electron chi connectivity index (χ2n) is 21.2. The lowest BCUT2D eigenvalue weighted by Crippen LogP contribution is -2.68. The van der Waals surface area contributed by atoms with Gasteiger partial charge in [-0.05, 0) is 170 Å². The standard InChI is InChI=1S/C52H72O3P/c1-36(2)41-28-31-52(47(54)55-8)33-32-50(6)42(45(41)52)26-27-44-49(5)35-37(46(53)48(3,4)43(49)29-30-51(44,50)7)19-18-34-56(38-20-12-9-13-21-38,39-22-14-10-15-23-39)40-24-16-11-17-25-40/h9-17,20-25,36-37,41-46,53H,18-19,26-35H2,1-8H3/q+1/t37-,41?,42?,43?,44?,45?,46-,49-,50+,51+,52-/m0/s1. The van der Waals surface area contributed by atoms with Crippen LogP contribution < -0.4 is 15.9 Å². The van der Waals surface area contributed by atoms with E-state index in [0.29, 0.717) is 35.5 Å². The molecule has 3 nitrogen and oxygen atoms in total. The van der Waals surface area contributed by atoms with Crippen LogP contribution in [-0.4, -0.2) is 30.5 Å². The predicted octanol–water partition coefficient (Wildman–Crippen LogP) is 11.3. The summed E-state index contributed by atoms with van der Waals surface area (Å²) in [4.78, 5) is 13.8. The fraction of sp³-hybridized carbons (Fsp3) is 0.635. The number of aliphatic hydroxyl groups excluding tert-OH is 1. The summed E-state index contributed by atoms with van der Waals surface area (Å²) in [6.45, 7) is 17.7. The number of aliphatic hydroxyl groups is 1. The van der Waals surface area contributed by atoms with Crippen molar-refractivity contribution in [3.05, 3.63) is 91.0 Å². The number of carbonyl (C=O) groups is 1. The molecule has 5 unspecified atom stereocenters. The highest BCUT2D eigenvalue weighted by molar-refractivity contribution is 7.95. The molecule has 3 aromatic rings. The largest absolute Gasteiger partial charge is 0.469 e. The Morgan fingerprint density at radius 3 is 1.84 bits per heavy atom. The highest BCUT2D eigenvalue weighted by Crippen LogP contribution is 2.78. The Bertz CT molecular complexity index is 1740. The minimum absolute atomic E-state index is 0.0831. The lowest BCUT2D eigenvalue weighted by Gasteiger charge is -2.73. The summed E-state index contributed by atoms with van der Waals surface area (Å²) >= 11 is 0. The zero-order valence-electron chi connectivity index (χ0n) is 36.0. The van der Waals surface area contributed by atoms with Crippen molar-refractivity contribution in [2.75, 3.05) is 13.3 Å². The number of hydrogen-bond donors (Lipinski definition) is 1. The van der Waals surface area contributed by atoms with Gasteiger partial charge in [0.05, 0.1) is 24.8 Å². The van der Waals surface area contributed by atoms with Crippen LogP contribution in [0.5, 0.6) is 0 Å². The normalized spacial score (nSPS) is 38.9. The Morgan fingerprint density at radius 1 is 0.732 bits per heavy atom. The van der Waals surface area contributed by atoms with E-state index >= 15 is 0 Å². The van der Waals surface area contributed by atoms with Gasteiger partial charge in [-0.2, -0.15) is 0 Å². The van der Waals surface area contributed by atoms with Crippen molar-refractivity contribution in [3.63, 3.8) is 0 Å². The number of rotatable bonds is 9. The third-order valence-corrected chi connectivity index (χ3v) is 23.2. The molecule has 56 heavy (non-hydrogen) atoms. The maximum absolute atomic E-state index is 13.8. The molecule has 0 saturated heterocycles. The Morgan fingerprint density at radius 2 is 1.30 bits per heavy atom. The first-order valence-electron chi connectivity index (χ1n) is 22.5. The monoisotopic (exact) mass is 776 g/mol. The average molecular weight is 776 g/mol. The fourth-order valence-corrected chi connectivity index (χ4v) is 20.4. The first kappa shape index (κ1) is 40.3. The van der Waals surface area contributed by atoms with Gasteiger partial charge in [0.15, 0.2) is 0 Å². The molecule has 5 aliphatic carbocycles. The lowest BCUT2D eigenvalue weighted by atomic mass is 9.31. The number of benzene rings is 3. The van der Waals surface area contributed by atoms with Crippen LogP contribution in [0.3, 0.4) is 0 Å². The molecule has 0 amide bonds. The van der Waals surface area contributed by atoms with Gasteiger partial charge in [-0.25, -0.2) is 0 Å². The van der Waals surface area contributed by atoms with Gasteiger partial charge in [0.25, 0.3) is 0 Å². The molecule has 1 N–H and O–H groups in total. The van der Waals surface area contributed by atoms with Gasteiger partial charge in [-0.3, -0.25) is 4.79 Å². The van der Waals surface area contributed by atoms with E-state index in [-0.39, 0.29) is 45.1 Å². The second kappa shape index (κ2) is 14.7. The highest BCUT2D eigenvalue weighted by Gasteiger charge is 2.72. The molecule has 8 rings (SSSR count). The molecule has 302 valence electrons. The molecule has 5 saturated carbocycles. The Kier molecular flexibility index (Phi) is 10.6. The summed E-state index contributed by atoms with van der Waals surface area (Å²) in [5.74, 6) is 3.67. The summed E-state index contributed by atoms with van der Waals surface area (Å²) in [7, 11) is -0.297. The maximum atomic E-state index is 13.8. The van der Waals surface area contributed by atoms with E-state index in [1.807, 2.05) is 0 Å². The van der Waals surface area contributed by atoms with Gasteiger partial charge < -0.3 is 9.84 Å². The molecule has 0 radical (unpaired) electrons. The first-order chi connectivity index (χ1) is 26.7. The summed E-state index contributed by atoms with van der Waals surface area (Å²) in [6.07, 6.45) is 13.3. The lowest BCUT2D eigenvalue weighted by molar-refractivity contribution is -0.258. The third-order valence-electron chi connectivity index (χ3n) is 18.7. The molecule has 5 fully saturated rings. The predicted molar refractivity (Wildman–Crippen MR) is 235 cm³/mol. The molecule has 5 aliphatic rings. The maximum Gasteiger partial charge on any atom is 0.312 e. The summed E-state index contributed by atoms with van der Waals surface area (Å²) in [5.41, 5.74) is 0.151. The smallest absolute Gasteiger partial charge is 0.312 e. The van der Waals surface area contributed by atoms with E-state index < -0.39 is 7.26 Å². The Labute approximate surface area is 340 Å². The van der Waals surface area contributed by atoms with Crippen LogP contribution in [0, 0.1) is 68.5 Å². The number of methoxy groups -OCH3 is 1. The number of ether oxygens (including phenoxy) is 1. The number of fused-ring (bicyclic) bond motifs is 7. The fourth-order valence-electron chi connectivity index (χ4n) is 16.0. The van der Waals surface area contributed by atoms with E-state index in [0.717, 1.165) is 44.7 Å². The van der Waals surface area contributed by atoms with Crippen molar-refractivity contribution in [1.82, 2.24) is 0 Å². The van der Waals surface area contributed by atoms with Crippen LogP contribution >= 0.6 is 7.26 Å². The second-order valence-corrected chi connectivity index (χ2v) is 24.8. The number of hydrogen-bond acceptors (Lipinski definition) is 3. The van der Waals surface area contributed by atoms with Crippen LogP contribution in [-0.2, 0) is 9.53 Å². The quantitative estimate of drug-likeness (QED) is 0.174. The SMILES string of the molecule is COC(=O)[C@]12CCC(C(C)C)C1C1CCC3[C@@]4(C)C[C@H](CCC[P+](c5ccccc5)(c5ccccc5)c5ccccc5)[C@H](O)C(C)(C)C4CC[C@@]3(C)[C@]1(C)CC2. The number of esters is 1. The Balaban J connectivity index is 1.11. The van der Waals surface area contributed by atoms with Gasteiger partial charge in [-0.15, -0.1) is 0 Å². The summed E-state index contributed by atoms with van der Waals surface area (Å²) in [5, 5.41) is 16.8. The van der Waals surface area contributed by atoms with Crippen LogP contribution in [0.25, 0.3) is 0 Å². The van der Waals surface area contributed by atoms with E-state index in [2.05, 4.69) is 139 Å². The van der Waals surface area contributed by atoms with Crippen molar-refractivity contribution in [2.24, 2.45) is 68.5 Å². The minimum Gasteiger partial charge on any atom is -0.469 e. The molecule has 0 aliphatic heterocycles. The molecule has 11 atom stereocenters. The van der Waals surface area contributed by atoms with Gasteiger partial charge in [0.1, 0.15) is 23.2 Å². The van der Waals surface area contributed by atoms with Crippen molar-refractivity contribution >= 4 is 29.1 Å². The molecule has 0 aromatic heterocycles. The topological polar surface area (TPSA) is 46.5 Å². The zero-order valence-corrected chi connectivity index (χ0v) is 36.9. The van der Waals surface area contributed by atoms with Crippen LogP contribution in [0.15, 0.2) is 91.0 Å². The summed E-state index contributed by atoms with van der Waals surface area (Å²) in [6, 6.07) is 34.0. The van der Waals surface area contributed by atoms with Gasteiger partial charge in [-0.1, -0.05) is 103 Å². The van der Waals surface area contributed by atoms with Crippen molar-refractivity contribution in [2.45, 2.75) is 125 Å². The molecule has 0 spiro atoms. The first-order valence-corrected chi connectivity index (χ1v) is 24.5. The van der Waals surface area contributed by atoms with Crippen molar-refractivity contribution < 1.29 is 14.6 Å². The Hall–Kier alpha value is -2.48. The molecule has 3 aromatic carbocycles. The van der Waals surface area contributed by atoms with Crippen LogP contribution in [0.2, 0.25) is 0 Å². The molecule has 4 heteroatoms. The van der Waals surface area contributed by atoms with Gasteiger partial charge >= 0.3 is 5.97 Å². The molecule has 0 bridgehead atoms. The van der Waals surface area contributed by atoms with Crippen LogP contribution in [0.4, 0.5) is 0 Å². The third kappa shape index (κ3) is 5.80. The van der Waals surface area contributed by atoms with Crippen molar-refractivity contribution in [1.29, 1.82) is 0 Å². The van der Waals surface area contributed by atoms with Crippen LogP contribution in [0.1, 0.15) is 119 Å². The molecule has 0 heterocycles.